The normalized spacial score (nSPS) is 11.9. The molecule has 0 saturated heterocycles. The summed E-state index contributed by atoms with van der Waals surface area (Å²) in [5, 5.41) is 0. The average molecular weight is 246 g/mol. The van der Waals surface area contributed by atoms with Crippen LogP contribution < -0.4 is 4.74 Å². The molecule has 0 aliphatic heterocycles. The third-order valence-electron chi connectivity index (χ3n) is 2.89. The zero-order valence-electron chi connectivity index (χ0n) is 10.3. The standard InChI is InChI=1S/C13H17F3O/c1-4-10(5-2)11-7-6-9(3)12(8-11)17-13(14,15)16/h6-8,10H,4-5H2,1-3H3. The second-order valence-corrected chi connectivity index (χ2v) is 4.09. The third-order valence-corrected chi connectivity index (χ3v) is 2.89. The highest BCUT2D eigenvalue weighted by Crippen LogP contribution is 2.31. The first-order valence-corrected chi connectivity index (χ1v) is 5.73. The molecule has 0 unspecified atom stereocenters. The summed E-state index contributed by atoms with van der Waals surface area (Å²) >= 11 is 0. The van der Waals surface area contributed by atoms with Gasteiger partial charge in [-0.2, -0.15) is 0 Å². The lowest BCUT2D eigenvalue weighted by Crippen LogP contribution is -2.18. The highest BCUT2D eigenvalue weighted by atomic mass is 19.4. The zero-order chi connectivity index (χ0) is 13.1. The van der Waals surface area contributed by atoms with Gasteiger partial charge in [0.15, 0.2) is 0 Å². The number of rotatable bonds is 4. The van der Waals surface area contributed by atoms with E-state index in [1.54, 1.807) is 13.0 Å². The number of aryl methyl sites for hydroxylation is 1. The van der Waals surface area contributed by atoms with Crippen molar-refractivity contribution < 1.29 is 17.9 Å². The van der Waals surface area contributed by atoms with Crippen molar-refractivity contribution in [2.24, 2.45) is 0 Å². The fraction of sp³-hybridized carbons (Fsp3) is 0.538. The Morgan fingerprint density at radius 2 is 1.76 bits per heavy atom. The molecule has 0 fully saturated rings. The Kier molecular flexibility index (Phi) is 4.43. The molecule has 0 aliphatic rings. The Hall–Kier alpha value is -1.19. The van der Waals surface area contributed by atoms with Gasteiger partial charge in [-0.3, -0.25) is 0 Å². The smallest absolute Gasteiger partial charge is 0.406 e. The fourth-order valence-corrected chi connectivity index (χ4v) is 1.87. The van der Waals surface area contributed by atoms with Gasteiger partial charge >= 0.3 is 6.36 Å². The van der Waals surface area contributed by atoms with Gasteiger partial charge in [-0.15, -0.1) is 13.2 Å². The van der Waals surface area contributed by atoms with E-state index in [1.165, 1.54) is 6.07 Å². The summed E-state index contributed by atoms with van der Waals surface area (Å²) in [5.74, 6) is 0.188. The largest absolute Gasteiger partial charge is 0.573 e. The number of hydrogen-bond acceptors (Lipinski definition) is 1. The predicted molar refractivity (Wildman–Crippen MR) is 61.2 cm³/mol. The first-order valence-electron chi connectivity index (χ1n) is 5.73. The van der Waals surface area contributed by atoms with Crippen LogP contribution in [0.1, 0.15) is 43.7 Å². The number of alkyl halides is 3. The number of hydrogen-bond donors (Lipinski definition) is 0. The summed E-state index contributed by atoms with van der Waals surface area (Å²) in [5.41, 5.74) is 1.40. The summed E-state index contributed by atoms with van der Waals surface area (Å²) in [6, 6.07) is 5.05. The molecular weight excluding hydrogens is 229 g/mol. The Morgan fingerprint density at radius 3 is 2.24 bits per heavy atom. The van der Waals surface area contributed by atoms with Crippen LogP contribution in [0.3, 0.4) is 0 Å². The molecule has 0 N–H and O–H groups in total. The van der Waals surface area contributed by atoms with E-state index in [4.69, 9.17) is 0 Å². The van der Waals surface area contributed by atoms with Crippen molar-refractivity contribution >= 4 is 0 Å². The first-order chi connectivity index (χ1) is 7.87. The van der Waals surface area contributed by atoms with Crippen LogP contribution in [0, 0.1) is 6.92 Å². The summed E-state index contributed by atoms with van der Waals surface area (Å²) in [6.45, 7) is 5.66. The summed E-state index contributed by atoms with van der Waals surface area (Å²) < 4.78 is 40.6. The van der Waals surface area contributed by atoms with Gasteiger partial charge in [0.2, 0.25) is 0 Å². The summed E-state index contributed by atoms with van der Waals surface area (Å²) in [4.78, 5) is 0. The molecule has 1 rings (SSSR count). The van der Waals surface area contributed by atoms with Crippen molar-refractivity contribution in [2.45, 2.75) is 45.9 Å². The van der Waals surface area contributed by atoms with Crippen LogP contribution in [-0.4, -0.2) is 6.36 Å². The Bertz CT molecular complexity index is 367. The molecular formula is C13H17F3O. The molecule has 0 atom stereocenters. The molecule has 0 amide bonds. The van der Waals surface area contributed by atoms with E-state index in [2.05, 4.69) is 4.74 Å². The summed E-state index contributed by atoms with van der Waals surface area (Å²) in [6.07, 6.45) is -2.81. The van der Waals surface area contributed by atoms with E-state index < -0.39 is 6.36 Å². The van der Waals surface area contributed by atoms with Crippen LogP contribution in [0.15, 0.2) is 18.2 Å². The lowest BCUT2D eigenvalue weighted by molar-refractivity contribution is -0.274. The maximum atomic E-state index is 12.2. The van der Waals surface area contributed by atoms with Crippen LogP contribution in [0.5, 0.6) is 5.75 Å². The Morgan fingerprint density at radius 1 is 1.18 bits per heavy atom. The maximum absolute atomic E-state index is 12.2. The quantitative estimate of drug-likeness (QED) is 0.741. The van der Waals surface area contributed by atoms with E-state index in [0.29, 0.717) is 5.56 Å². The second-order valence-electron chi connectivity index (χ2n) is 4.09. The highest BCUT2D eigenvalue weighted by Gasteiger charge is 2.31. The molecule has 0 saturated carbocycles. The molecule has 1 aromatic carbocycles. The lowest BCUT2D eigenvalue weighted by atomic mass is 9.93. The minimum Gasteiger partial charge on any atom is -0.406 e. The SMILES string of the molecule is CCC(CC)c1ccc(C)c(OC(F)(F)F)c1. The molecule has 1 aromatic rings. The molecule has 0 heterocycles. The van der Waals surface area contributed by atoms with Crippen molar-refractivity contribution in [1.29, 1.82) is 0 Å². The zero-order valence-corrected chi connectivity index (χ0v) is 10.3. The van der Waals surface area contributed by atoms with Crippen molar-refractivity contribution in [1.82, 2.24) is 0 Å². The van der Waals surface area contributed by atoms with Crippen LogP contribution in [0.4, 0.5) is 13.2 Å². The van der Waals surface area contributed by atoms with Gasteiger partial charge in [0.05, 0.1) is 0 Å². The monoisotopic (exact) mass is 246 g/mol. The fourth-order valence-electron chi connectivity index (χ4n) is 1.87. The average Bonchev–Trinajstić information content (AvgIpc) is 2.22. The van der Waals surface area contributed by atoms with Gasteiger partial charge < -0.3 is 4.74 Å². The minimum atomic E-state index is -4.63. The van der Waals surface area contributed by atoms with Crippen molar-refractivity contribution in [3.63, 3.8) is 0 Å². The van der Waals surface area contributed by atoms with E-state index in [0.717, 1.165) is 18.4 Å². The van der Waals surface area contributed by atoms with E-state index in [1.807, 2.05) is 19.9 Å². The van der Waals surface area contributed by atoms with E-state index in [-0.39, 0.29) is 11.7 Å². The molecule has 1 nitrogen and oxygen atoms in total. The van der Waals surface area contributed by atoms with E-state index >= 15 is 0 Å². The molecule has 0 bridgehead atoms. The summed E-state index contributed by atoms with van der Waals surface area (Å²) in [7, 11) is 0. The molecule has 0 radical (unpaired) electrons. The highest BCUT2D eigenvalue weighted by molar-refractivity contribution is 5.38. The Labute approximate surface area is 99.6 Å². The van der Waals surface area contributed by atoms with Gasteiger partial charge in [0.25, 0.3) is 0 Å². The van der Waals surface area contributed by atoms with Crippen molar-refractivity contribution in [3.05, 3.63) is 29.3 Å². The topological polar surface area (TPSA) is 9.23 Å². The molecule has 0 aliphatic carbocycles. The molecule has 0 spiro atoms. The lowest BCUT2D eigenvalue weighted by Gasteiger charge is -2.16. The van der Waals surface area contributed by atoms with E-state index in [9.17, 15) is 13.2 Å². The third kappa shape index (κ3) is 3.95. The molecule has 96 valence electrons. The number of benzene rings is 1. The first kappa shape index (κ1) is 13.9. The molecule has 0 aromatic heterocycles. The van der Waals surface area contributed by atoms with Gasteiger partial charge in [0, 0.05) is 0 Å². The van der Waals surface area contributed by atoms with Crippen LogP contribution in [0.2, 0.25) is 0 Å². The maximum Gasteiger partial charge on any atom is 0.573 e. The number of halogens is 3. The van der Waals surface area contributed by atoms with Gasteiger partial charge in [-0.25, -0.2) is 0 Å². The Balaban J connectivity index is 3.01. The van der Waals surface area contributed by atoms with Gasteiger partial charge in [-0.1, -0.05) is 26.0 Å². The van der Waals surface area contributed by atoms with Gasteiger partial charge in [0.1, 0.15) is 5.75 Å². The van der Waals surface area contributed by atoms with Crippen LogP contribution >= 0.6 is 0 Å². The van der Waals surface area contributed by atoms with Crippen molar-refractivity contribution in [2.75, 3.05) is 0 Å². The molecule has 17 heavy (non-hydrogen) atoms. The number of ether oxygens (including phenoxy) is 1. The predicted octanol–water partition coefficient (Wildman–Crippen LogP) is 4.80. The van der Waals surface area contributed by atoms with Crippen molar-refractivity contribution in [3.8, 4) is 5.75 Å². The second kappa shape index (κ2) is 5.43. The van der Waals surface area contributed by atoms with Gasteiger partial charge in [-0.05, 0) is 42.9 Å². The van der Waals surface area contributed by atoms with Crippen LogP contribution in [-0.2, 0) is 0 Å². The minimum absolute atomic E-state index is 0.0955. The molecule has 4 heteroatoms. The van der Waals surface area contributed by atoms with Crippen LogP contribution in [0.25, 0.3) is 0 Å².